The zero-order chi connectivity index (χ0) is 22.7. The topological polar surface area (TPSA) is 59.3 Å². The van der Waals surface area contributed by atoms with Crippen LogP contribution in [0.5, 0.6) is 11.6 Å². The van der Waals surface area contributed by atoms with Crippen molar-refractivity contribution < 1.29 is 4.74 Å². The van der Waals surface area contributed by atoms with Gasteiger partial charge in [-0.1, -0.05) is 27.2 Å². The van der Waals surface area contributed by atoms with Gasteiger partial charge in [-0.05, 0) is 74.1 Å². The molecule has 1 fully saturated rings. The minimum atomic E-state index is 0.326. The number of benzene rings is 1. The molecule has 0 radical (unpaired) electrons. The Morgan fingerprint density at radius 1 is 1.12 bits per heavy atom. The molecule has 1 aliphatic rings. The first-order valence-electron chi connectivity index (χ1n) is 10.8. The molecule has 3 heterocycles. The highest BCUT2D eigenvalue weighted by atomic mass is 79.9. The Morgan fingerprint density at radius 2 is 1.91 bits per heavy atom. The maximum Gasteiger partial charge on any atom is 0.219 e. The summed E-state index contributed by atoms with van der Waals surface area (Å²) >= 11 is 7.03. The number of halogens is 2. The van der Waals surface area contributed by atoms with Crippen molar-refractivity contribution in [3.05, 3.63) is 51.0 Å². The van der Waals surface area contributed by atoms with Gasteiger partial charge in [0.05, 0.1) is 21.9 Å². The fourth-order valence-electron chi connectivity index (χ4n) is 3.93. The molecular weight excluding hydrogens is 536 g/mol. The summed E-state index contributed by atoms with van der Waals surface area (Å²) in [6, 6.07) is 12.0. The van der Waals surface area contributed by atoms with E-state index in [1.807, 2.05) is 43.3 Å². The predicted octanol–water partition coefficient (Wildman–Crippen LogP) is 5.16. The van der Waals surface area contributed by atoms with Crippen LogP contribution in [0.3, 0.4) is 0 Å². The molecule has 9 heteroatoms. The molecule has 170 valence electrons. The number of likely N-dealkylation sites (N-methyl/N-ethyl adjacent to an activating group) is 1. The van der Waals surface area contributed by atoms with Crippen LogP contribution in [-0.4, -0.2) is 70.1 Å². The van der Waals surface area contributed by atoms with Crippen LogP contribution in [0.15, 0.2) is 45.3 Å². The summed E-state index contributed by atoms with van der Waals surface area (Å²) in [6.07, 6.45) is 2.12. The molecule has 0 atom stereocenters. The average molecular weight is 564 g/mol. The quantitative estimate of drug-likeness (QED) is 0.395. The van der Waals surface area contributed by atoms with E-state index in [-0.39, 0.29) is 0 Å². The van der Waals surface area contributed by atoms with Crippen molar-refractivity contribution >= 4 is 31.9 Å². The minimum Gasteiger partial charge on any atom is -0.438 e. The van der Waals surface area contributed by atoms with Gasteiger partial charge in [0.2, 0.25) is 5.88 Å². The van der Waals surface area contributed by atoms with Crippen LogP contribution in [0, 0.1) is 6.92 Å². The van der Waals surface area contributed by atoms with Crippen LogP contribution in [-0.2, 0) is 0 Å². The van der Waals surface area contributed by atoms with Crippen molar-refractivity contribution in [2.24, 2.45) is 0 Å². The third kappa shape index (κ3) is 5.57. The fraction of sp³-hybridized carbons (Fsp3) is 0.435. The van der Waals surface area contributed by atoms with Crippen LogP contribution in [0.2, 0.25) is 0 Å². The molecule has 7 nitrogen and oxygen atoms in total. The lowest BCUT2D eigenvalue weighted by Gasteiger charge is -2.33. The molecular formula is C23H28Br2N6O. The fourth-order valence-corrected chi connectivity index (χ4v) is 4.60. The number of hydrogen-bond donors (Lipinski definition) is 0. The standard InChI is InChI=1S/C23H28Br2N6O/c1-16-23(31(28-27-16)18-9-11-30(12-10-18)14-13-29(2)3)20-5-4-6-22(26-20)32-21-15-17(24)7-8-19(21)25/h4-8,15,18H,9-14H2,1-3H3. The normalized spacial score (nSPS) is 15.4. The summed E-state index contributed by atoms with van der Waals surface area (Å²) in [5.41, 5.74) is 2.68. The number of aryl methyl sites for hydroxylation is 1. The Hall–Kier alpha value is -1.81. The predicted molar refractivity (Wildman–Crippen MR) is 133 cm³/mol. The van der Waals surface area contributed by atoms with Gasteiger partial charge in [-0.25, -0.2) is 9.67 Å². The molecule has 3 aromatic rings. The number of piperidine rings is 1. The SMILES string of the molecule is Cc1nnn(C2CCN(CCN(C)C)CC2)c1-c1cccc(Oc2cc(Br)ccc2Br)n1. The monoisotopic (exact) mass is 562 g/mol. The van der Waals surface area contributed by atoms with Gasteiger partial charge in [-0.2, -0.15) is 0 Å². The van der Waals surface area contributed by atoms with Crippen molar-refractivity contribution in [2.45, 2.75) is 25.8 Å². The van der Waals surface area contributed by atoms with E-state index >= 15 is 0 Å². The van der Waals surface area contributed by atoms with Crippen LogP contribution in [0.1, 0.15) is 24.6 Å². The third-order valence-corrected chi connectivity index (χ3v) is 6.85. The van der Waals surface area contributed by atoms with E-state index in [9.17, 15) is 0 Å². The summed E-state index contributed by atoms with van der Waals surface area (Å²) in [5, 5.41) is 8.88. The zero-order valence-corrected chi connectivity index (χ0v) is 21.8. The van der Waals surface area contributed by atoms with Crippen molar-refractivity contribution in [1.82, 2.24) is 29.8 Å². The summed E-state index contributed by atoms with van der Waals surface area (Å²) < 4.78 is 9.95. The highest BCUT2D eigenvalue weighted by molar-refractivity contribution is 9.11. The molecule has 0 aliphatic carbocycles. The largest absolute Gasteiger partial charge is 0.438 e. The van der Waals surface area contributed by atoms with E-state index in [1.54, 1.807) is 0 Å². The molecule has 1 aliphatic heterocycles. The number of hydrogen-bond acceptors (Lipinski definition) is 6. The first-order chi connectivity index (χ1) is 15.4. The lowest BCUT2D eigenvalue weighted by Crippen LogP contribution is -2.38. The van der Waals surface area contributed by atoms with Gasteiger partial charge < -0.3 is 14.5 Å². The van der Waals surface area contributed by atoms with E-state index < -0.39 is 0 Å². The van der Waals surface area contributed by atoms with Crippen molar-refractivity contribution in [2.75, 3.05) is 40.3 Å². The maximum atomic E-state index is 6.07. The van der Waals surface area contributed by atoms with E-state index in [0.717, 1.165) is 65.0 Å². The number of pyridine rings is 1. The van der Waals surface area contributed by atoms with Gasteiger partial charge >= 0.3 is 0 Å². The van der Waals surface area contributed by atoms with Gasteiger partial charge in [0.25, 0.3) is 0 Å². The van der Waals surface area contributed by atoms with E-state index in [0.29, 0.717) is 17.7 Å². The maximum absolute atomic E-state index is 6.07. The lowest BCUT2D eigenvalue weighted by atomic mass is 10.0. The molecule has 0 amide bonds. The highest BCUT2D eigenvalue weighted by Crippen LogP contribution is 2.33. The van der Waals surface area contributed by atoms with Crippen LogP contribution < -0.4 is 4.74 Å². The highest BCUT2D eigenvalue weighted by Gasteiger charge is 2.25. The third-order valence-electron chi connectivity index (χ3n) is 5.70. The summed E-state index contributed by atoms with van der Waals surface area (Å²) in [7, 11) is 4.24. The zero-order valence-electron chi connectivity index (χ0n) is 18.6. The molecule has 0 N–H and O–H groups in total. The Bertz CT molecular complexity index is 1060. The number of rotatable bonds is 7. The second kappa shape index (κ2) is 10.4. The second-order valence-corrected chi connectivity index (χ2v) is 10.2. The number of aromatic nitrogens is 4. The Labute approximate surface area is 206 Å². The van der Waals surface area contributed by atoms with Crippen LogP contribution >= 0.6 is 31.9 Å². The van der Waals surface area contributed by atoms with Crippen molar-refractivity contribution in [1.29, 1.82) is 0 Å². The van der Waals surface area contributed by atoms with Crippen molar-refractivity contribution in [3.8, 4) is 23.0 Å². The molecule has 1 aromatic carbocycles. The first-order valence-corrected chi connectivity index (χ1v) is 12.4. The Morgan fingerprint density at radius 3 is 2.66 bits per heavy atom. The van der Waals surface area contributed by atoms with Crippen LogP contribution in [0.4, 0.5) is 0 Å². The van der Waals surface area contributed by atoms with E-state index in [1.165, 1.54) is 0 Å². The van der Waals surface area contributed by atoms with Gasteiger partial charge in [0.1, 0.15) is 11.4 Å². The van der Waals surface area contributed by atoms with Gasteiger partial charge in [-0.15, -0.1) is 5.10 Å². The molecule has 0 bridgehead atoms. The Kier molecular flexibility index (Phi) is 7.60. The summed E-state index contributed by atoms with van der Waals surface area (Å²) in [6.45, 7) is 6.33. The number of nitrogens with zero attached hydrogens (tertiary/aromatic N) is 6. The average Bonchev–Trinajstić information content (AvgIpc) is 3.17. The van der Waals surface area contributed by atoms with Crippen molar-refractivity contribution in [3.63, 3.8) is 0 Å². The number of ether oxygens (including phenoxy) is 1. The summed E-state index contributed by atoms with van der Waals surface area (Å²) in [4.78, 5) is 9.55. The summed E-state index contributed by atoms with van der Waals surface area (Å²) in [5.74, 6) is 1.24. The molecule has 0 unspecified atom stereocenters. The molecule has 32 heavy (non-hydrogen) atoms. The molecule has 2 aromatic heterocycles. The smallest absolute Gasteiger partial charge is 0.219 e. The Balaban J connectivity index is 1.52. The first kappa shape index (κ1) is 23.4. The van der Waals surface area contributed by atoms with Gasteiger partial charge in [0.15, 0.2) is 0 Å². The molecule has 1 saturated heterocycles. The van der Waals surface area contributed by atoms with E-state index in [4.69, 9.17) is 9.72 Å². The number of likely N-dealkylation sites (tertiary alicyclic amines) is 1. The van der Waals surface area contributed by atoms with Crippen LogP contribution in [0.25, 0.3) is 11.4 Å². The van der Waals surface area contributed by atoms with Gasteiger partial charge in [-0.3, -0.25) is 0 Å². The minimum absolute atomic E-state index is 0.326. The molecule has 0 saturated carbocycles. The molecule has 4 rings (SSSR count). The van der Waals surface area contributed by atoms with E-state index in [2.05, 4.69) is 70.7 Å². The molecule has 0 spiro atoms. The van der Waals surface area contributed by atoms with Gasteiger partial charge in [0, 0.05) is 36.7 Å². The lowest BCUT2D eigenvalue weighted by molar-refractivity contribution is 0.167. The second-order valence-electron chi connectivity index (χ2n) is 8.38.